The lowest BCUT2D eigenvalue weighted by Gasteiger charge is -2.16. The highest BCUT2D eigenvalue weighted by Crippen LogP contribution is 2.28. The number of hydrogen-bond acceptors (Lipinski definition) is 8. The van der Waals surface area contributed by atoms with Gasteiger partial charge in [-0.15, -0.1) is 16.4 Å². The van der Waals surface area contributed by atoms with E-state index in [9.17, 15) is 4.79 Å². The first-order valence-corrected chi connectivity index (χ1v) is 10.7. The van der Waals surface area contributed by atoms with Gasteiger partial charge in [-0.3, -0.25) is 4.79 Å². The Morgan fingerprint density at radius 2 is 2.08 bits per heavy atom. The van der Waals surface area contributed by atoms with E-state index in [-0.39, 0.29) is 23.8 Å². The van der Waals surface area contributed by atoms with Crippen molar-refractivity contribution in [2.45, 2.75) is 30.3 Å². The fourth-order valence-corrected chi connectivity index (χ4v) is 4.47. The molecule has 0 radical (unpaired) electrons. The van der Waals surface area contributed by atoms with Crippen LogP contribution in [0.1, 0.15) is 30.5 Å². The van der Waals surface area contributed by atoms with Crippen molar-refractivity contribution >= 4 is 40.3 Å². The maximum Gasteiger partial charge on any atom is 0.295 e. The zero-order valence-electron chi connectivity index (χ0n) is 14.3. The minimum atomic E-state index is -0.251. The summed E-state index contributed by atoms with van der Waals surface area (Å²) in [5.41, 5.74) is 1.00. The number of ether oxygens (including phenoxy) is 1. The molecule has 6 nitrogen and oxygen atoms in total. The lowest BCUT2D eigenvalue weighted by atomic mass is 10.1. The van der Waals surface area contributed by atoms with Crippen LogP contribution in [0.5, 0.6) is 5.19 Å². The van der Waals surface area contributed by atoms with Crippen molar-refractivity contribution in [3.05, 3.63) is 52.5 Å². The predicted octanol–water partition coefficient (Wildman–Crippen LogP) is 3.78. The Kier molecular flexibility index (Phi) is 6.59. The van der Waals surface area contributed by atoms with Crippen molar-refractivity contribution in [1.29, 1.82) is 0 Å². The van der Waals surface area contributed by atoms with E-state index in [0.717, 1.165) is 10.6 Å². The van der Waals surface area contributed by atoms with Gasteiger partial charge in [-0.2, -0.15) is 0 Å². The van der Waals surface area contributed by atoms with E-state index >= 15 is 0 Å². The van der Waals surface area contributed by atoms with Crippen molar-refractivity contribution in [2.75, 3.05) is 5.75 Å². The summed E-state index contributed by atoms with van der Waals surface area (Å²) in [7, 11) is 0. The number of nitrogens with one attached hydrogen (secondary N) is 1. The number of hydrogen-bond donors (Lipinski definition) is 1. The van der Waals surface area contributed by atoms with Gasteiger partial charge in [-0.05, 0) is 30.7 Å². The molecule has 9 heteroatoms. The summed E-state index contributed by atoms with van der Waals surface area (Å²) in [6, 6.07) is 9.58. The third kappa shape index (κ3) is 5.26. The van der Waals surface area contributed by atoms with E-state index in [1.807, 2.05) is 49.6 Å². The molecule has 1 amide bonds. The quantitative estimate of drug-likeness (QED) is 0.574. The fourth-order valence-electron chi connectivity index (χ4n) is 2.14. The van der Waals surface area contributed by atoms with Gasteiger partial charge >= 0.3 is 0 Å². The molecule has 0 saturated heterocycles. The van der Waals surface area contributed by atoms with Crippen LogP contribution in [0.15, 0.2) is 46.2 Å². The molecule has 0 fully saturated rings. The Morgan fingerprint density at radius 3 is 2.77 bits per heavy atom. The molecule has 26 heavy (non-hydrogen) atoms. The molecule has 3 rings (SSSR count). The van der Waals surface area contributed by atoms with Crippen LogP contribution in [0, 0.1) is 0 Å². The van der Waals surface area contributed by atoms with Gasteiger partial charge in [-0.25, -0.2) is 4.98 Å². The van der Waals surface area contributed by atoms with E-state index in [4.69, 9.17) is 4.74 Å². The number of carbonyl (C=O) groups excluding carboxylic acids is 1. The normalized spacial score (nSPS) is 12.1. The number of thioether (sulfide) groups is 1. The summed E-state index contributed by atoms with van der Waals surface area (Å²) in [5, 5.41) is 14.4. The maximum atomic E-state index is 12.4. The van der Waals surface area contributed by atoms with Gasteiger partial charge in [0.25, 0.3) is 5.19 Å². The van der Waals surface area contributed by atoms with Crippen LogP contribution in [-0.2, 0) is 4.79 Å². The number of carbonyl (C=O) groups is 1. The standard InChI is InChI=1S/C17H18N4O2S3/c1-11(2)23-16-20-21-17(26-16)25-10-13(22)19-14(15-18-8-9-24-15)12-6-4-3-5-7-12/h3-9,11,14H,10H2,1-2H3,(H,19,22). The van der Waals surface area contributed by atoms with Crippen LogP contribution >= 0.6 is 34.4 Å². The Balaban J connectivity index is 1.61. The molecule has 0 saturated carbocycles. The second-order valence-electron chi connectivity index (χ2n) is 5.57. The molecular formula is C17H18N4O2S3. The van der Waals surface area contributed by atoms with E-state index < -0.39 is 0 Å². The lowest BCUT2D eigenvalue weighted by molar-refractivity contribution is -0.119. The third-order valence-electron chi connectivity index (χ3n) is 3.19. The Morgan fingerprint density at radius 1 is 1.27 bits per heavy atom. The molecule has 0 aliphatic heterocycles. The smallest absolute Gasteiger partial charge is 0.295 e. The second kappa shape index (κ2) is 9.11. The van der Waals surface area contributed by atoms with Gasteiger partial charge in [0.2, 0.25) is 5.91 Å². The Labute approximate surface area is 164 Å². The number of nitrogens with zero attached hydrogens (tertiary/aromatic N) is 3. The minimum Gasteiger partial charge on any atom is -0.466 e. The Hall–Kier alpha value is -1.97. The van der Waals surface area contributed by atoms with Crippen molar-refractivity contribution in [3.8, 4) is 5.19 Å². The Bertz CT molecular complexity index is 822. The van der Waals surface area contributed by atoms with Crippen molar-refractivity contribution in [3.63, 3.8) is 0 Å². The minimum absolute atomic E-state index is 0.0500. The van der Waals surface area contributed by atoms with Gasteiger partial charge in [0.05, 0.1) is 11.9 Å². The molecule has 1 atom stereocenters. The maximum absolute atomic E-state index is 12.4. The summed E-state index contributed by atoms with van der Waals surface area (Å²) in [4.78, 5) is 16.8. The van der Waals surface area contributed by atoms with E-state index in [1.165, 1.54) is 34.4 Å². The number of amides is 1. The summed E-state index contributed by atoms with van der Waals surface area (Å²) in [6.07, 6.45) is 1.79. The van der Waals surface area contributed by atoms with Gasteiger partial charge in [-0.1, -0.05) is 47.2 Å². The van der Waals surface area contributed by atoms with Crippen LogP contribution in [0.25, 0.3) is 0 Å². The first-order chi connectivity index (χ1) is 12.6. The molecular weight excluding hydrogens is 388 g/mol. The average Bonchev–Trinajstić information content (AvgIpc) is 3.30. The van der Waals surface area contributed by atoms with Crippen molar-refractivity contribution < 1.29 is 9.53 Å². The van der Waals surface area contributed by atoms with Gasteiger partial charge in [0, 0.05) is 11.6 Å². The highest BCUT2D eigenvalue weighted by molar-refractivity contribution is 8.01. The number of aromatic nitrogens is 3. The third-order valence-corrected chi connectivity index (χ3v) is 5.98. The molecule has 3 aromatic rings. The van der Waals surface area contributed by atoms with Gasteiger partial charge in [0.15, 0.2) is 4.34 Å². The highest BCUT2D eigenvalue weighted by atomic mass is 32.2. The van der Waals surface area contributed by atoms with Crippen molar-refractivity contribution in [2.24, 2.45) is 0 Å². The summed E-state index contributed by atoms with van der Waals surface area (Å²) in [6.45, 7) is 3.87. The number of thiazole rings is 1. The fraction of sp³-hybridized carbons (Fsp3) is 0.294. The van der Waals surface area contributed by atoms with Crippen molar-refractivity contribution in [1.82, 2.24) is 20.5 Å². The second-order valence-corrected chi connectivity index (χ2v) is 8.66. The van der Waals surface area contributed by atoms with Gasteiger partial charge < -0.3 is 10.1 Å². The largest absolute Gasteiger partial charge is 0.466 e. The monoisotopic (exact) mass is 406 g/mol. The number of rotatable bonds is 8. The molecule has 0 aliphatic rings. The SMILES string of the molecule is CC(C)Oc1nnc(SCC(=O)NC(c2ccccc2)c2nccs2)s1. The van der Waals surface area contributed by atoms with Crippen LogP contribution < -0.4 is 10.1 Å². The lowest BCUT2D eigenvalue weighted by Crippen LogP contribution is -2.30. The zero-order valence-corrected chi connectivity index (χ0v) is 16.7. The highest BCUT2D eigenvalue weighted by Gasteiger charge is 2.19. The van der Waals surface area contributed by atoms with Crippen LogP contribution in [0.2, 0.25) is 0 Å². The summed E-state index contributed by atoms with van der Waals surface area (Å²) in [5.74, 6) is 0.172. The zero-order chi connectivity index (χ0) is 18.4. The van der Waals surface area contributed by atoms with Crippen LogP contribution in [0.4, 0.5) is 0 Å². The van der Waals surface area contributed by atoms with E-state index in [1.54, 1.807) is 6.20 Å². The molecule has 0 bridgehead atoms. The molecule has 0 aliphatic carbocycles. The van der Waals surface area contributed by atoms with Crippen LogP contribution in [-0.4, -0.2) is 32.9 Å². The molecule has 0 spiro atoms. The summed E-state index contributed by atoms with van der Waals surface area (Å²) >= 11 is 4.21. The van der Waals surface area contributed by atoms with Gasteiger partial charge in [0.1, 0.15) is 11.0 Å². The first-order valence-electron chi connectivity index (χ1n) is 7.98. The van der Waals surface area contributed by atoms with E-state index in [0.29, 0.717) is 9.53 Å². The molecule has 136 valence electrons. The average molecular weight is 407 g/mol. The van der Waals surface area contributed by atoms with E-state index in [2.05, 4.69) is 20.5 Å². The predicted molar refractivity (Wildman–Crippen MR) is 105 cm³/mol. The molecule has 1 N–H and O–H groups in total. The first kappa shape index (κ1) is 18.8. The van der Waals surface area contributed by atoms with Crippen LogP contribution in [0.3, 0.4) is 0 Å². The molecule has 1 aromatic carbocycles. The molecule has 2 aromatic heterocycles. The molecule has 1 unspecified atom stereocenters. The number of benzene rings is 1. The molecule has 2 heterocycles. The topological polar surface area (TPSA) is 77.0 Å². The summed E-state index contributed by atoms with van der Waals surface area (Å²) < 4.78 is 6.21.